The summed E-state index contributed by atoms with van der Waals surface area (Å²) >= 11 is 7.67. The number of rotatable bonds is 8. The Morgan fingerprint density at radius 1 is 0.897 bits per heavy atom. The Hall–Kier alpha value is -4.46. The lowest BCUT2D eigenvalue weighted by atomic mass is 10.2. The Morgan fingerprint density at radius 2 is 1.59 bits per heavy atom. The zero-order valence-corrected chi connectivity index (χ0v) is 22.5. The van der Waals surface area contributed by atoms with Crippen LogP contribution in [0.5, 0.6) is 11.5 Å². The second-order valence-electron chi connectivity index (χ2n) is 8.70. The van der Waals surface area contributed by atoms with E-state index in [0.717, 1.165) is 21.2 Å². The van der Waals surface area contributed by atoms with Crippen LogP contribution in [-0.2, 0) is 6.61 Å². The molecule has 0 spiro atoms. The van der Waals surface area contributed by atoms with E-state index in [1.165, 1.54) is 23.1 Å². The number of hydrazone groups is 1. The van der Waals surface area contributed by atoms with Crippen LogP contribution in [0.2, 0.25) is 5.02 Å². The number of hydrogen-bond acceptors (Lipinski definition) is 6. The van der Waals surface area contributed by atoms with Gasteiger partial charge in [0, 0.05) is 15.6 Å². The van der Waals surface area contributed by atoms with Gasteiger partial charge in [0.05, 0.1) is 11.2 Å². The third kappa shape index (κ3) is 6.52. The second-order valence-corrected chi connectivity index (χ2v) is 10.1. The van der Waals surface area contributed by atoms with Gasteiger partial charge in [-0.3, -0.25) is 4.79 Å². The van der Waals surface area contributed by atoms with E-state index in [2.05, 4.69) is 10.5 Å². The highest BCUT2D eigenvalue weighted by Gasteiger charge is 2.18. The van der Waals surface area contributed by atoms with Crippen molar-refractivity contribution in [1.29, 1.82) is 0 Å². The van der Waals surface area contributed by atoms with Crippen molar-refractivity contribution in [3.8, 4) is 11.5 Å². The van der Waals surface area contributed by atoms with E-state index in [4.69, 9.17) is 21.1 Å². The van der Waals surface area contributed by atoms with E-state index < -0.39 is 5.97 Å². The Kier molecular flexibility index (Phi) is 8.01. The molecule has 1 aromatic heterocycles. The van der Waals surface area contributed by atoms with Crippen molar-refractivity contribution in [1.82, 2.24) is 5.43 Å². The van der Waals surface area contributed by atoms with Crippen molar-refractivity contribution in [2.75, 3.05) is 0 Å². The van der Waals surface area contributed by atoms with Crippen LogP contribution in [0.3, 0.4) is 0 Å². The topological polar surface area (TPSA) is 77.0 Å². The lowest BCUT2D eigenvalue weighted by Crippen LogP contribution is -2.17. The van der Waals surface area contributed by atoms with Crippen LogP contribution in [0.25, 0.3) is 10.1 Å². The average molecular weight is 555 g/mol. The molecule has 0 radical (unpaired) electrons. The van der Waals surface area contributed by atoms with E-state index >= 15 is 0 Å². The van der Waals surface area contributed by atoms with Crippen LogP contribution in [0.15, 0.2) is 102 Å². The highest BCUT2D eigenvalue weighted by Crippen LogP contribution is 2.35. The third-order valence-electron chi connectivity index (χ3n) is 5.83. The van der Waals surface area contributed by atoms with Crippen molar-refractivity contribution >= 4 is 51.1 Å². The maximum atomic E-state index is 12.6. The first kappa shape index (κ1) is 26.2. The maximum absolute atomic E-state index is 12.6. The minimum Gasteiger partial charge on any atom is -0.489 e. The SMILES string of the molecule is Cc1ccc(COc2ccc(C(=O)N/N=C/c3ccc(OC(=O)c4sc5ccccc5c4Cl)cc3)cc2)cc1. The minimum atomic E-state index is -0.513. The van der Waals surface area contributed by atoms with Gasteiger partial charge in [-0.05, 0) is 72.6 Å². The number of nitrogens with one attached hydrogen (secondary N) is 1. The van der Waals surface area contributed by atoms with Crippen molar-refractivity contribution in [3.63, 3.8) is 0 Å². The number of nitrogens with zero attached hydrogens (tertiary/aromatic N) is 1. The zero-order valence-electron chi connectivity index (χ0n) is 20.9. The van der Waals surface area contributed by atoms with Gasteiger partial charge in [-0.15, -0.1) is 11.3 Å². The van der Waals surface area contributed by atoms with E-state index in [0.29, 0.717) is 33.6 Å². The number of amides is 1. The molecular formula is C31H23ClN2O4S. The molecule has 8 heteroatoms. The smallest absolute Gasteiger partial charge is 0.355 e. The first-order valence-electron chi connectivity index (χ1n) is 12.1. The molecule has 6 nitrogen and oxygen atoms in total. The lowest BCUT2D eigenvalue weighted by molar-refractivity contribution is 0.0739. The molecule has 0 saturated heterocycles. The zero-order chi connectivity index (χ0) is 27.2. The molecular weight excluding hydrogens is 532 g/mol. The van der Waals surface area contributed by atoms with E-state index in [-0.39, 0.29) is 5.91 Å². The molecule has 1 amide bonds. The molecule has 0 saturated carbocycles. The summed E-state index contributed by atoms with van der Waals surface area (Å²) in [5, 5.41) is 5.24. The molecule has 0 aliphatic carbocycles. The van der Waals surface area contributed by atoms with Crippen LogP contribution in [0, 0.1) is 6.92 Å². The summed E-state index contributed by atoms with van der Waals surface area (Å²) in [7, 11) is 0. The van der Waals surface area contributed by atoms with Crippen LogP contribution in [0.1, 0.15) is 36.7 Å². The van der Waals surface area contributed by atoms with Gasteiger partial charge in [0.15, 0.2) is 0 Å². The van der Waals surface area contributed by atoms with Crippen LogP contribution >= 0.6 is 22.9 Å². The first-order valence-corrected chi connectivity index (χ1v) is 13.3. The molecule has 0 aliphatic rings. The molecule has 0 fully saturated rings. The average Bonchev–Trinajstić information content (AvgIpc) is 3.30. The Bertz CT molecular complexity index is 1640. The van der Waals surface area contributed by atoms with E-state index in [1.807, 2.05) is 55.5 Å². The van der Waals surface area contributed by atoms with Crippen molar-refractivity contribution in [3.05, 3.63) is 129 Å². The molecule has 5 rings (SSSR count). The van der Waals surface area contributed by atoms with Gasteiger partial charge in [0.2, 0.25) is 0 Å². The Labute approximate surface area is 234 Å². The summed E-state index contributed by atoms with van der Waals surface area (Å²) in [5.74, 6) is 0.189. The summed E-state index contributed by atoms with van der Waals surface area (Å²) < 4.78 is 12.2. The predicted octanol–water partition coefficient (Wildman–Crippen LogP) is 7.43. The molecule has 0 aliphatic heterocycles. The van der Waals surface area contributed by atoms with Gasteiger partial charge in [-0.1, -0.05) is 59.6 Å². The number of carbonyl (C=O) groups excluding carboxylic acids is 2. The van der Waals surface area contributed by atoms with Gasteiger partial charge in [0.25, 0.3) is 5.91 Å². The minimum absolute atomic E-state index is 0.345. The first-order chi connectivity index (χ1) is 19.0. The monoisotopic (exact) mass is 554 g/mol. The summed E-state index contributed by atoms with van der Waals surface area (Å²) in [6.45, 7) is 2.49. The van der Waals surface area contributed by atoms with Gasteiger partial charge in [0.1, 0.15) is 23.0 Å². The van der Waals surface area contributed by atoms with Gasteiger partial charge < -0.3 is 9.47 Å². The fourth-order valence-electron chi connectivity index (χ4n) is 3.70. The van der Waals surface area contributed by atoms with Crippen LogP contribution < -0.4 is 14.9 Å². The van der Waals surface area contributed by atoms with Gasteiger partial charge >= 0.3 is 5.97 Å². The second kappa shape index (κ2) is 11.9. The summed E-state index contributed by atoms with van der Waals surface area (Å²) in [6.07, 6.45) is 1.51. The molecule has 0 bridgehead atoms. The van der Waals surface area contributed by atoms with E-state index in [9.17, 15) is 9.59 Å². The van der Waals surface area contributed by atoms with Crippen molar-refractivity contribution < 1.29 is 19.1 Å². The number of hydrogen-bond donors (Lipinski definition) is 1. The molecule has 194 valence electrons. The standard InChI is InChI=1S/C31H23ClN2O4S/c1-20-6-8-22(9-7-20)19-37-24-16-12-23(13-17-24)30(35)34-33-18-21-10-14-25(15-11-21)38-31(36)29-28(32)26-4-2-3-5-27(26)39-29/h2-18H,19H2,1H3,(H,34,35)/b33-18+. The van der Waals surface area contributed by atoms with Crippen LogP contribution in [0.4, 0.5) is 0 Å². The summed E-state index contributed by atoms with van der Waals surface area (Å²) in [6, 6.07) is 29.3. The molecule has 1 heterocycles. The molecule has 0 unspecified atom stereocenters. The third-order valence-corrected chi connectivity index (χ3v) is 7.49. The quantitative estimate of drug-likeness (QED) is 0.0936. The number of ether oxygens (including phenoxy) is 2. The number of benzene rings is 4. The Morgan fingerprint density at radius 3 is 2.31 bits per heavy atom. The van der Waals surface area contributed by atoms with Crippen molar-refractivity contribution in [2.45, 2.75) is 13.5 Å². The lowest BCUT2D eigenvalue weighted by Gasteiger charge is -2.07. The van der Waals surface area contributed by atoms with E-state index in [1.54, 1.807) is 48.5 Å². The molecule has 0 atom stereocenters. The molecule has 5 aromatic rings. The molecule has 39 heavy (non-hydrogen) atoms. The maximum Gasteiger partial charge on any atom is 0.355 e. The predicted molar refractivity (Wildman–Crippen MR) is 155 cm³/mol. The largest absolute Gasteiger partial charge is 0.489 e. The Balaban J connectivity index is 1.12. The number of fused-ring (bicyclic) bond motifs is 1. The molecule has 1 N–H and O–H groups in total. The normalized spacial score (nSPS) is 11.0. The number of esters is 1. The number of halogens is 1. The highest BCUT2D eigenvalue weighted by molar-refractivity contribution is 7.21. The van der Waals surface area contributed by atoms with Gasteiger partial charge in [-0.25, -0.2) is 10.2 Å². The number of carbonyl (C=O) groups is 2. The fourth-order valence-corrected chi connectivity index (χ4v) is 5.09. The molecule has 4 aromatic carbocycles. The number of thiophene rings is 1. The summed E-state index contributed by atoms with van der Waals surface area (Å²) in [5.41, 5.74) is 5.95. The van der Waals surface area contributed by atoms with Crippen molar-refractivity contribution in [2.24, 2.45) is 5.10 Å². The highest BCUT2D eigenvalue weighted by atomic mass is 35.5. The van der Waals surface area contributed by atoms with Gasteiger partial charge in [-0.2, -0.15) is 5.10 Å². The summed E-state index contributed by atoms with van der Waals surface area (Å²) in [4.78, 5) is 25.4. The van der Waals surface area contributed by atoms with Crippen LogP contribution in [-0.4, -0.2) is 18.1 Å². The fraction of sp³-hybridized carbons (Fsp3) is 0.0645. The number of aryl methyl sites for hydroxylation is 1.